The maximum absolute atomic E-state index is 6.41. The third-order valence-electron chi connectivity index (χ3n) is 3.80. The lowest BCUT2D eigenvalue weighted by Gasteiger charge is -2.38. The zero-order valence-electron chi connectivity index (χ0n) is 14.7. The monoisotopic (exact) mass is 340 g/mol. The summed E-state index contributed by atoms with van der Waals surface area (Å²) in [6, 6.07) is 11.1. The van der Waals surface area contributed by atoms with E-state index in [0.29, 0.717) is 32.7 Å². The first-order chi connectivity index (χ1) is 11.0. The van der Waals surface area contributed by atoms with Crippen LogP contribution in [0.15, 0.2) is 30.3 Å². The molecule has 1 atom stereocenters. The third-order valence-corrected chi connectivity index (χ3v) is 6.92. The van der Waals surface area contributed by atoms with Gasteiger partial charge in [0.2, 0.25) is 0 Å². The van der Waals surface area contributed by atoms with Crippen LogP contribution in [0.5, 0.6) is 0 Å². The minimum atomic E-state index is -2.81. The molecule has 132 valence electrons. The normalized spacial score (nSPS) is 14.7. The van der Waals surface area contributed by atoms with Crippen molar-refractivity contribution in [2.75, 3.05) is 26.3 Å². The lowest BCUT2D eigenvalue weighted by atomic mass is 10.0. The summed E-state index contributed by atoms with van der Waals surface area (Å²) in [4.78, 5) is 0. The van der Waals surface area contributed by atoms with Crippen molar-refractivity contribution >= 4 is 8.80 Å². The van der Waals surface area contributed by atoms with Gasteiger partial charge in [-0.1, -0.05) is 30.3 Å². The molecule has 4 N–H and O–H groups in total. The van der Waals surface area contributed by atoms with E-state index in [-0.39, 0.29) is 0 Å². The molecule has 5 nitrogen and oxygen atoms in total. The fourth-order valence-electron chi connectivity index (χ4n) is 2.55. The van der Waals surface area contributed by atoms with Crippen LogP contribution >= 0.6 is 0 Å². The van der Waals surface area contributed by atoms with Crippen LogP contribution in [0.4, 0.5) is 0 Å². The molecule has 0 aliphatic rings. The summed E-state index contributed by atoms with van der Waals surface area (Å²) in [5, 5.41) is 0. The van der Waals surface area contributed by atoms with Crippen LogP contribution in [0.25, 0.3) is 0 Å². The summed E-state index contributed by atoms with van der Waals surface area (Å²) >= 11 is 0. The van der Waals surface area contributed by atoms with Crippen molar-refractivity contribution in [3.05, 3.63) is 35.9 Å². The maximum Gasteiger partial charge on any atom is 0.501 e. The van der Waals surface area contributed by atoms with E-state index in [1.165, 1.54) is 5.56 Å². The largest absolute Gasteiger partial charge is 0.501 e. The van der Waals surface area contributed by atoms with E-state index < -0.39 is 14.4 Å². The summed E-state index contributed by atoms with van der Waals surface area (Å²) < 4.78 is 18.5. The molecule has 0 bridgehead atoms. The van der Waals surface area contributed by atoms with E-state index in [1.54, 1.807) is 0 Å². The molecule has 0 aromatic heterocycles. The van der Waals surface area contributed by atoms with Crippen LogP contribution in [0.3, 0.4) is 0 Å². The van der Waals surface area contributed by atoms with Crippen molar-refractivity contribution in [3.63, 3.8) is 0 Å². The van der Waals surface area contributed by atoms with Crippen molar-refractivity contribution in [3.8, 4) is 0 Å². The summed E-state index contributed by atoms with van der Waals surface area (Å²) in [7, 11) is -2.81. The SMILES string of the molecule is CCO[Si](CCc1ccccc1)(OCC)OC(C)(CN)CCN. The zero-order chi connectivity index (χ0) is 17.2. The minimum absolute atomic E-state index is 0.393. The molecule has 1 aromatic rings. The lowest BCUT2D eigenvalue weighted by molar-refractivity contribution is -0.0184. The van der Waals surface area contributed by atoms with Gasteiger partial charge in [-0.15, -0.1) is 0 Å². The van der Waals surface area contributed by atoms with Crippen LogP contribution in [0, 0.1) is 0 Å². The van der Waals surface area contributed by atoms with Crippen molar-refractivity contribution in [2.45, 2.75) is 45.3 Å². The zero-order valence-corrected chi connectivity index (χ0v) is 15.7. The Kier molecular flexibility index (Phi) is 8.97. The highest BCUT2D eigenvalue weighted by atomic mass is 28.4. The quantitative estimate of drug-likeness (QED) is 0.571. The molecule has 0 aliphatic carbocycles. The Balaban J connectivity index is 2.90. The van der Waals surface area contributed by atoms with Gasteiger partial charge in [0.15, 0.2) is 0 Å². The van der Waals surface area contributed by atoms with Gasteiger partial charge in [-0.3, -0.25) is 0 Å². The van der Waals surface area contributed by atoms with Crippen LogP contribution in [-0.2, 0) is 19.7 Å². The van der Waals surface area contributed by atoms with Crippen molar-refractivity contribution < 1.29 is 13.3 Å². The topological polar surface area (TPSA) is 79.7 Å². The molecular weight excluding hydrogens is 308 g/mol. The predicted octanol–water partition coefficient (Wildman–Crippen LogP) is 2.32. The van der Waals surface area contributed by atoms with Crippen molar-refractivity contribution in [1.29, 1.82) is 0 Å². The number of hydrogen-bond acceptors (Lipinski definition) is 5. The summed E-state index contributed by atoms with van der Waals surface area (Å²) in [5.41, 5.74) is 12.4. The second kappa shape index (κ2) is 10.2. The van der Waals surface area contributed by atoms with Gasteiger partial charge in [0.05, 0.1) is 5.60 Å². The minimum Gasteiger partial charge on any atom is -0.374 e. The molecule has 0 heterocycles. The Morgan fingerprint density at radius 2 is 1.65 bits per heavy atom. The molecule has 0 amide bonds. The summed E-state index contributed by atoms with van der Waals surface area (Å²) in [6.45, 7) is 7.96. The Morgan fingerprint density at radius 1 is 1.04 bits per heavy atom. The van der Waals surface area contributed by atoms with Gasteiger partial charge < -0.3 is 24.7 Å². The molecule has 6 heteroatoms. The van der Waals surface area contributed by atoms with Crippen molar-refractivity contribution in [1.82, 2.24) is 0 Å². The molecule has 0 spiro atoms. The van der Waals surface area contributed by atoms with E-state index in [9.17, 15) is 0 Å². The van der Waals surface area contributed by atoms with Gasteiger partial charge in [-0.25, -0.2) is 0 Å². The van der Waals surface area contributed by atoms with E-state index in [0.717, 1.165) is 12.5 Å². The average molecular weight is 341 g/mol. The second-order valence-electron chi connectivity index (χ2n) is 5.83. The average Bonchev–Trinajstić information content (AvgIpc) is 2.55. The van der Waals surface area contributed by atoms with Gasteiger partial charge in [0.25, 0.3) is 0 Å². The predicted molar refractivity (Wildman–Crippen MR) is 96.2 cm³/mol. The smallest absolute Gasteiger partial charge is 0.374 e. The fourth-order valence-corrected chi connectivity index (χ4v) is 5.56. The number of benzene rings is 1. The van der Waals surface area contributed by atoms with E-state index in [1.807, 2.05) is 39.0 Å². The Labute approximate surface area is 141 Å². The van der Waals surface area contributed by atoms with Crippen LogP contribution in [0.2, 0.25) is 6.04 Å². The number of aryl methyl sites for hydroxylation is 1. The van der Waals surface area contributed by atoms with Gasteiger partial charge in [-0.05, 0) is 45.7 Å². The maximum atomic E-state index is 6.41. The van der Waals surface area contributed by atoms with Crippen LogP contribution in [0.1, 0.15) is 32.8 Å². The highest BCUT2D eigenvalue weighted by Crippen LogP contribution is 2.27. The first-order valence-electron chi connectivity index (χ1n) is 8.45. The Morgan fingerprint density at radius 3 is 2.13 bits per heavy atom. The molecule has 23 heavy (non-hydrogen) atoms. The van der Waals surface area contributed by atoms with Gasteiger partial charge >= 0.3 is 8.80 Å². The van der Waals surface area contributed by atoms with Gasteiger partial charge in [0.1, 0.15) is 0 Å². The summed E-state index contributed by atoms with van der Waals surface area (Å²) in [5.74, 6) is 0. The van der Waals surface area contributed by atoms with E-state index >= 15 is 0 Å². The molecule has 0 aliphatic heterocycles. The summed E-state index contributed by atoms with van der Waals surface area (Å²) in [6.07, 6.45) is 1.54. The van der Waals surface area contributed by atoms with Gasteiger partial charge in [0, 0.05) is 25.8 Å². The van der Waals surface area contributed by atoms with Gasteiger partial charge in [-0.2, -0.15) is 0 Å². The first-order valence-corrected chi connectivity index (χ1v) is 10.4. The van der Waals surface area contributed by atoms with Crippen molar-refractivity contribution in [2.24, 2.45) is 11.5 Å². The molecular formula is C17H32N2O3Si. The van der Waals surface area contributed by atoms with Crippen LogP contribution < -0.4 is 11.5 Å². The highest BCUT2D eigenvalue weighted by Gasteiger charge is 2.45. The second-order valence-corrected chi connectivity index (χ2v) is 8.48. The van der Waals surface area contributed by atoms with E-state index in [4.69, 9.17) is 24.7 Å². The fraction of sp³-hybridized carbons (Fsp3) is 0.647. The Bertz CT molecular complexity index is 427. The highest BCUT2D eigenvalue weighted by molar-refractivity contribution is 6.60. The lowest BCUT2D eigenvalue weighted by Crippen LogP contribution is -2.55. The Hall–Kier alpha value is -0.763. The molecule has 1 unspecified atom stereocenters. The molecule has 0 saturated heterocycles. The molecule has 0 fully saturated rings. The van der Waals surface area contributed by atoms with E-state index in [2.05, 4.69) is 12.1 Å². The number of hydrogen-bond donors (Lipinski definition) is 2. The first kappa shape index (κ1) is 20.3. The molecule has 0 saturated carbocycles. The number of rotatable bonds is 12. The molecule has 1 rings (SSSR count). The van der Waals surface area contributed by atoms with Crippen LogP contribution in [-0.4, -0.2) is 40.7 Å². The molecule has 0 radical (unpaired) electrons. The number of nitrogens with two attached hydrogens (primary N) is 2. The molecule has 1 aromatic carbocycles. The third kappa shape index (κ3) is 6.70. The standard InChI is InChI=1S/C17H32N2O3Si/c1-4-20-23(21-5-2,22-17(3,15-19)12-13-18)14-11-16-9-7-6-8-10-16/h6-10H,4-5,11-15,18-19H2,1-3H3.